The Balaban J connectivity index is 1.77. The van der Waals surface area contributed by atoms with E-state index in [1.54, 1.807) is 7.11 Å². The van der Waals surface area contributed by atoms with Crippen LogP contribution in [0.15, 0.2) is 42.5 Å². The Labute approximate surface area is 173 Å². The van der Waals surface area contributed by atoms with Gasteiger partial charge in [-0.25, -0.2) is 0 Å². The highest BCUT2D eigenvalue weighted by Crippen LogP contribution is 2.41. The molecular formula is C24H31NO4. The molecule has 0 bridgehead atoms. The maximum absolute atomic E-state index is 13.0. The van der Waals surface area contributed by atoms with Crippen molar-refractivity contribution in [3.05, 3.63) is 53.6 Å². The summed E-state index contributed by atoms with van der Waals surface area (Å²) in [7, 11) is 1.63. The lowest BCUT2D eigenvalue weighted by molar-refractivity contribution is -0.129. The van der Waals surface area contributed by atoms with Crippen LogP contribution in [0.4, 0.5) is 0 Å². The summed E-state index contributed by atoms with van der Waals surface area (Å²) < 4.78 is 17.4. The molecule has 156 valence electrons. The lowest BCUT2D eigenvalue weighted by Crippen LogP contribution is -2.45. The van der Waals surface area contributed by atoms with Crippen LogP contribution in [-0.2, 0) is 11.2 Å². The number of carbonyl (C=O) groups is 1. The van der Waals surface area contributed by atoms with Crippen LogP contribution >= 0.6 is 0 Å². The normalized spacial score (nSPS) is 18.2. The number of ether oxygens (including phenoxy) is 3. The summed E-state index contributed by atoms with van der Waals surface area (Å²) in [6.45, 7) is 8.13. The maximum atomic E-state index is 13.0. The zero-order valence-electron chi connectivity index (χ0n) is 18.0. The highest BCUT2D eigenvalue weighted by atomic mass is 16.5. The number of hydrogen-bond acceptors (Lipinski definition) is 4. The second kappa shape index (κ2) is 8.76. The van der Waals surface area contributed by atoms with E-state index in [0.29, 0.717) is 18.6 Å². The van der Waals surface area contributed by atoms with Crippen molar-refractivity contribution >= 4 is 5.91 Å². The number of fused-ring (bicyclic) bond motifs is 1. The summed E-state index contributed by atoms with van der Waals surface area (Å²) in [5, 5.41) is 3.18. The highest BCUT2D eigenvalue weighted by Gasteiger charge is 2.36. The lowest BCUT2D eigenvalue weighted by Gasteiger charge is -2.38. The van der Waals surface area contributed by atoms with Gasteiger partial charge in [-0.3, -0.25) is 4.79 Å². The number of hydrogen-bond donors (Lipinski definition) is 1. The lowest BCUT2D eigenvalue weighted by atomic mass is 9.89. The second-order valence-electron chi connectivity index (χ2n) is 8.04. The molecule has 1 aliphatic heterocycles. The molecule has 0 aliphatic carbocycles. The molecule has 1 amide bonds. The van der Waals surface area contributed by atoms with Gasteiger partial charge in [-0.1, -0.05) is 26.0 Å². The predicted molar refractivity (Wildman–Crippen MR) is 114 cm³/mol. The van der Waals surface area contributed by atoms with Crippen molar-refractivity contribution in [2.75, 3.05) is 7.11 Å². The molecule has 2 atom stereocenters. The van der Waals surface area contributed by atoms with E-state index in [4.69, 9.17) is 14.2 Å². The molecule has 0 unspecified atom stereocenters. The third kappa shape index (κ3) is 5.03. The summed E-state index contributed by atoms with van der Waals surface area (Å²) in [6.07, 6.45) is 1.67. The molecule has 1 aliphatic rings. The quantitative estimate of drug-likeness (QED) is 0.727. The van der Waals surface area contributed by atoms with Crippen molar-refractivity contribution < 1.29 is 19.0 Å². The number of amides is 1. The molecule has 2 aromatic rings. The fourth-order valence-electron chi connectivity index (χ4n) is 3.64. The summed E-state index contributed by atoms with van der Waals surface area (Å²) in [5.74, 6) is 2.10. The molecule has 5 heteroatoms. The summed E-state index contributed by atoms with van der Waals surface area (Å²) in [5.41, 5.74) is 1.79. The van der Waals surface area contributed by atoms with Crippen molar-refractivity contribution in [2.45, 2.75) is 64.7 Å². The number of rotatable bonds is 7. The van der Waals surface area contributed by atoms with Gasteiger partial charge in [-0.2, -0.15) is 0 Å². The van der Waals surface area contributed by atoms with Crippen molar-refractivity contribution in [2.24, 2.45) is 0 Å². The van der Waals surface area contributed by atoms with Gasteiger partial charge in [0.1, 0.15) is 22.8 Å². The molecule has 0 spiro atoms. The molecule has 2 aromatic carbocycles. The average Bonchev–Trinajstić information content (AvgIpc) is 2.71. The minimum atomic E-state index is -0.553. The van der Waals surface area contributed by atoms with Gasteiger partial charge in [0.25, 0.3) is 5.91 Å². The third-order valence-corrected chi connectivity index (χ3v) is 5.26. The Morgan fingerprint density at radius 1 is 1.17 bits per heavy atom. The van der Waals surface area contributed by atoms with Gasteiger partial charge in [-0.15, -0.1) is 0 Å². The van der Waals surface area contributed by atoms with E-state index in [1.165, 1.54) is 5.56 Å². The number of carbonyl (C=O) groups excluding carboxylic acids is 1. The van der Waals surface area contributed by atoms with E-state index in [1.807, 2.05) is 63.2 Å². The first kappa shape index (κ1) is 21.0. The SMILES string of the molecule is CCc1ccc(O[C@@H](CC)C(=O)N[C@H]2CC(C)(C)Oc3ccc(OC)cc32)cc1. The smallest absolute Gasteiger partial charge is 0.261 e. The first-order chi connectivity index (χ1) is 13.8. The van der Waals surface area contributed by atoms with E-state index in [-0.39, 0.29) is 17.6 Å². The second-order valence-corrected chi connectivity index (χ2v) is 8.04. The molecule has 1 N–H and O–H groups in total. The van der Waals surface area contributed by atoms with Crippen LogP contribution in [0.25, 0.3) is 0 Å². The van der Waals surface area contributed by atoms with Crippen LogP contribution in [0.2, 0.25) is 0 Å². The Morgan fingerprint density at radius 3 is 2.48 bits per heavy atom. The number of benzene rings is 2. The van der Waals surface area contributed by atoms with Gasteiger partial charge < -0.3 is 19.5 Å². The molecule has 0 radical (unpaired) electrons. The molecule has 0 aromatic heterocycles. The fraction of sp³-hybridized carbons (Fsp3) is 0.458. The number of nitrogens with one attached hydrogen (secondary N) is 1. The molecular weight excluding hydrogens is 366 g/mol. The Kier molecular flexibility index (Phi) is 6.36. The van der Waals surface area contributed by atoms with Crippen molar-refractivity contribution in [3.63, 3.8) is 0 Å². The summed E-state index contributed by atoms with van der Waals surface area (Å²) in [4.78, 5) is 13.0. The van der Waals surface area contributed by atoms with Gasteiger partial charge in [0, 0.05) is 12.0 Å². The van der Waals surface area contributed by atoms with Crippen LogP contribution in [0.1, 0.15) is 57.7 Å². The van der Waals surface area contributed by atoms with Crippen molar-refractivity contribution in [1.29, 1.82) is 0 Å². The largest absolute Gasteiger partial charge is 0.497 e. The van der Waals surface area contributed by atoms with Gasteiger partial charge in [0.2, 0.25) is 0 Å². The third-order valence-electron chi connectivity index (χ3n) is 5.26. The van der Waals surface area contributed by atoms with Gasteiger partial charge >= 0.3 is 0 Å². The average molecular weight is 398 g/mol. The van der Waals surface area contributed by atoms with Crippen LogP contribution in [0.5, 0.6) is 17.2 Å². The predicted octanol–water partition coefficient (Wildman–Crippen LogP) is 4.83. The standard InChI is InChI=1S/C24H31NO4/c1-6-16-8-10-17(11-9-16)28-21(7-2)23(26)25-20-15-24(3,4)29-22-13-12-18(27-5)14-19(20)22/h8-14,20-21H,6-7,15H2,1-5H3,(H,25,26)/t20-,21-/m0/s1. The van der Waals surface area contributed by atoms with Crippen LogP contribution in [-0.4, -0.2) is 24.7 Å². The topological polar surface area (TPSA) is 56.8 Å². The fourth-order valence-corrected chi connectivity index (χ4v) is 3.64. The maximum Gasteiger partial charge on any atom is 0.261 e. The molecule has 5 nitrogen and oxygen atoms in total. The molecule has 3 rings (SSSR count). The molecule has 0 saturated carbocycles. The van der Waals surface area contributed by atoms with E-state index < -0.39 is 6.10 Å². The molecule has 1 heterocycles. The van der Waals surface area contributed by atoms with Crippen molar-refractivity contribution in [1.82, 2.24) is 5.32 Å². The van der Waals surface area contributed by atoms with E-state index in [9.17, 15) is 4.79 Å². The van der Waals surface area contributed by atoms with Crippen molar-refractivity contribution in [3.8, 4) is 17.2 Å². The first-order valence-electron chi connectivity index (χ1n) is 10.3. The monoisotopic (exact) mass is 397 g/mol. The summed E-state index contributed by atoms with van der Waals surface area (Å²) in [6, 6.07) is 13.4. The Hall–Kier alpha value is -2.69. The van der Waals surface area contributed by atoms with Crippen LogP contribution < -0.4 is 19.5 Å². The van der Waals surface area contributed by atoms with Gasteiger partial charge in [-0.05, 0) is 62.6 Å². The van der Waals surface area contributed by atoms with E-state index in [0.717, 1.165) is 23.5 Å². The Bertz CT molecular complexity index is 844. The highest BCUT2D eigenvalue weighted by molar-refractivity contribution is 5.81. The molecule has 0 fully saturated rings. The zero-order valence-corrected chi connectivity index (χ0v) is 18.0. The van der Waals surface area contributed by atoms with Gasteiger partial charge in [0.15, 0.2) is 6.10 Å². The molecule has 29 heavy (non-hydrogen) atoms. The van der Waals surface area contributed by atoms with Crippen LogP contribution in [0.3, 0.4) is 0 Å². The molecule has 0 saturated heterocycles. The minimum Gasteiger partial charge on any atom is -0.497 e. The number of methoxy groups -OCH3 is 1. The van der Waals surface area contributed by atoms with Gasteiger partial charge in [0.05, 0.1) is 13.2 Å². The first-order valence-corrected chi connectivity index (χ1v) is 10.3. The van der Waals surface area contributed by atoms with E-state index >= 15 is 0 Å². The number of aryl methyl sites for hydroxylation is 1. The van der Waals surface area contributed by atoms with E-state index in [2.05, 4.69) is 12.2 Å². The zero-order chi connectivity index (χ0) is 21.0. The van der Waals surface area contributed by atoms with Crippen LogP contribution in [0, 0.1) is 0 Å². The summed E-state index contributed by atoms with van der Waals surface area (Å²) >= 11 is 0. The Morgan fingerprint density at radius 2 is 1.86 bits per heavy atom. The minimum absolute atomic E-state index is 0.122.